The molecule has 6 nitrogen and oxygen atoms in total. The van der Waals surface area contributed by atoms with Crippen molar-refractivity contribution in [3.05, 3.63) is 89.2 Å². The molecule has 2 atom stereocenters. The summed E-state index contributed by atoms with van der Waals surface area (Å²) in [6.45, 7) is 3.25. The van der Waals surface area contributed by atoms with Crippen LogP contribution < -0.4 is 4.90 Å². The SMILES string of the molecule is O=C(c1cc(C(F)(F)F)cc(C(F)(F)F)c1)N1CC[C@@H](N2CCN(c3ncccn3)CC2)[C@@H](c2ccccc2)C1. The quantitative estimate of drug-likeness (QED) is 0.402. The Balaban J connectivity index is 1.37. The van der Waals surface area contributed by atoms with Crippen molar-refractivity contribution in [1.29, 1.82) is 0 Å². The molecular weight excluding hydrogens is 536 g/mol. The van der Waals surface area contributed by atoms with Gasteiger partial charge in [0, 0.05) is 69.2 Å². The van der Waals surface area contributed by atoms with Crippen LogP contribution in [0.2, 0.25) is 0 Å². The van der Waals surface area contributed by atoms with Crippen LogP contribution in [0.4, 0.5) is 32.3 Å². The van der Waals surface area contributed by atoms with Crippen molar-refractivity contribution in [2.24, 2.45) is 0 Å². The van der Waals surface area contributed by atoms with Gasteiger partial charge in [-0.3, -0.25) is 9.69 Å². The highest BCUT2D eigenvalue weighted by Gasteiger charge is 2.40. The van der Waals surface area contributed by atoms with Crippen molar-refractivity contribution >= 4 is 11.9 Å². The van der Waals surface area contributed by atoms with Crippen molar-refractivity contribution in [2.75, 3.05) is 44.2 Å². The second-order valence-corrected chi connectivity index (χ2v) is 9.99. The summed E-state index contributed by atoms with van der Waals surface area (Å²) in [5, 5.41) is 0. The van der Waals surface area contributed by atoms with E-state index in [9.17, 15) is 31.1 Å². The highest BCUT2D eigenvalue weighted by atomic mass is 19.4. The molecule has 0 saturated carbocycles. The van der Waals surface area contributed by atoms with E-state index in [0.29, 0.717) is 37.6 Å². The second kappa shape index (κ2) is 11.1. The smallest absolute Gasteiger partial charge is 0.338 e. The first-order valence-corrected chi connectivity index (χ1v) is 12.9. The lowest BCUT2D eigenvalue weighted by Crippen LogP contribution is -2.56. The van der Waals surface area contributed by atoms with E-state index in [1.807, 2.05) is 30.3 Å². The third-order valence-electron chi connectivity index (χ3n) is 7.54. The number of amides is 1. The van der Waals surface area contributed by atoms with Crippen LogP contribution in [-0.4, -0.2) is 71.0 Å². The van der Waals surface area contributed by atoms with Crippen LogP contribution in [0.25, 0.3) is 0 Å². The number of aromatic nitrogens is 2. The number of rotatable bonds is 4. The highest BCUT2D eigenvalue weighted by Crippen LogP contribution is 2.38. The van der Waals surface area contributed by atoms with Gasteiger partial charge < -0.3 is 9.80 Å². The number of likely N-dealkylation sites (tertiary alicyclic amines) is 1. The normalized spacial score (nSPS) is 20.9. The van der Waals surface area contributed by atoms with Gasteiger partial charge in [0.15, 0.2) is 0 Å². The van der Waals surface area contributed by atoms with E-state index in [1.165, 1.54) is 4.90 Å². The van der Waals surface area contributed by atoms with Crippen molar-refractivity contribution in [3.63, 3.8) is 0 Å². The van der Waals surface area contributed by atoms with Crippen molar-refractivity contribution in [2.45, 2.75) is 30.7 Å². The number of halogens is 6. The number of anilines is 1. The summed E-state index contributed by atoms with van der Waals surface area (Å²) in [5.74, 6) is -0.366. The fourth-order valence-corrected chi connectivity index (χ4v) is 5.56. The third-order valence-corrected chi connectivity index (χ3v) is 7.54. The van der Waals surface area contributed by atoms with Gasteiger partial charge in [0.25, 0.3) is 5.91 Å². The van der Waals surface area contributed by atoms with Gasteiger partial charge in [-0.2, -0.15) is 26.3 Å². The lowest BCUT2D eigenvalue weighted by atomic mass is 9.84. The molecule has 40 heavy (non-hydrogen) atoms. The van der Waals surface area contributed by atoms with E-state index < -0.39 is 35.0 Å². The van der Waals surface area contributed by atoms with Gasteiger partial charge in [0.05, 0.1) is 11.1 Å². The Hall–Kier alpha value is -3.67. The molecule has 2 aliphatic heterocycles. The standard InChI is InChI=1S/C28H27F6N5O/c29-27(30,31)21-15-20(16-22(17-21)28(32,33)34)25(40)39-10-7-24(23(18-39)19-5-2-1-3-6-19)37-11-13-38(14-12-37)26-35-8-4-9-36-26/h1-6,8-9,15-17,23-24H,7,10-14,18H2/t23-,24-/m1/s1. The molecule has 2 aliphatic rings. The Labute approximate surface area is 227 Å². The van der Waals surface area contributed by atoms with E-state index in [-0.39, 0.29) is 31.1 Å². The molecule has 3 heterocycles. The number of piperazine rings is 1. The summed E-state index contributed by atoms with van der Waals surface area (Å²) < 4.78 is 80.5. The molecule has 0 bridgehead atoms. The first kappa shape index (κ1) is 27.9. The molecule has 2 fully saturated rings. The Morgan fingerprint density at radius 1 is 0.775 bits per heavy atom. The van der Waals surface area contributed by atoms with Crippen molar-refractivity contribution in [1.82, 2.24) is 19.8 Å². The molecule has 2 saturated heterocycles. The fraction of sp³-hybridized carbons (Fsp3) is 0.393. The molecule has 1 amide bonds. The number of hydrogen-bond donors (Lipinski definition) is 0. The molecular formula is C28H27F6N5O. The Morgan fingerprint density at radius 3 is 1.95 bits per heavy atom. The summed E-state index contributed by atoms with van der Waals surface area (Å²) in [6, 6.07) is 12.3. The van der Waals surface area contributed by atoms with Gasteiger partial charge in [-0.25, -0.2) is 9.97 Å². The largest absolute Gasteiger partial charge is 0.416 e. The van der Waals surface area contributed by atoms with Gasteiger partial charge in [-0.1, -0.05) is 30.3 Å². The molecule has 0 N–H and O–H groups in total. The predicted molar refractivity (Wildman–Crippen MR) is 136 cm³/mol. The first-order chi connectivity index (χ1) is 19.0. The van der Waals surface area contributed by atoms with E-state index >= 15 is 0 Å². The summed E-state index contributed by atoms with van der Waals surface area (Å²) in [5.41, 5.74) is -2.66. The highest BCUT2D eigenvalue weighted by molar-refractivity contribution is 5.95. The maximum atomic E-state index is 13.4. The summed E-state index contributed by atoms with van der Waals surface area (Å²) >= 11 is 0. The fourth-order valence-electron chi connectivity index (χ4n) is 5.56. The molecule has 1 aromatic heterocycles. The van der Waals surface area contributed by atoms with Crippen LogP contribution in [0.3, 0.4) is 0 Å². The van der Waals surface area contributed by atoms with Crippen molar-refractivity contribution in [3.8, 4) is 0 Å². The summed E-state index contributed by atoms with van der Waals surface area (Å²) in [7, 11) is 0. The first-order valence-electron chi connectivity index (χ1n) is 12.9. The lowest BCUT2D eigenvalue weighted by molar-refractivity contribution is -0.143. The molecule has 0 spiro atoms. The van der Waals surface area contributed by atoms with Crippen molar-refractivity contribution < 1.29 is 31.1 Å². The molecule has 0 radical (unpaired) electrons. The molecule has 0 aliphatic carbocycles. The number of hydrogen-bond acceptors (Lipinski definition) is 5. The molecule has 5 rings (SSSR count). The maximum Gasteiger partial charge on any atom is 0.416 e. The number of carbonyl (C=O) groups is 1. The topological polar surface area (TPSA) is 52.6 Å². The van der Waals surface area contributed by atoms with Crippen LogP contribution in [0.5, 0.6) is 0 Å². The van der Waals surface area contributed by atoms with E-state index in [4.69, 9.17) is 0 Å². The van der Waals surface area contributed by atoms with Crippen LogP contribution in [-0.2, 0) is 12.4 Å². The Bertz CT molecular complexity index is 1280. The zero-order chi connectivity index (χ0) is 28.5. The zero-order valence-corrected chi connectivity index (χ0v) is 21.4. The molecule has 212 valence electrons. The van der Waals surface area contributed by atoms with Crippen LogP contribution in [0, 0.1) is 0 Å². The molecule has 2 aromatic carbocycles. The van der Waals surface area contributed by atoms with E-state index in [2.05, 4.69) is 19.8 Å². The number of piperidine rings is 1. The van der Waals surface area contributed by atoms with Gasteiger partial charge in [0.2, 0.25) is 5.95 Å². The van der Waals surface area contributed by atoms with Gasteiger partial charge in [-0.05, 0) is 36.2 Å². The average molecular weight is 564 g/mol. The third kappa shape index (κ3) is 6.06. The maximum absolute atomic E-state index is 13.4. The van der Waals surface area contributed by atoms with Crippen LogP contribution in [0.1, 0.15) is 39.4 Å². The number of alkyl halides is 6. The average Bonchev–Trinajstić information content (AvgIpc) is 2.96. The van der Waals surface area contributed by atoms with E-state index in [0.717, 1.165) is 18.7 Å². The van der Waals surface area contributed by atoms with Crippen LogP contribution >= 0.6 is 0 Å². The Kier molecular flexibility index (Phi) is 7.72. The Morgan fingerprint density at radius 2 is 1.38 bits per heavy atom. The van der Waals surface area contributed by atoms with Crippen LogP contribution in [0.15, 0.2) is 67.0 Å². The number of carbonyl (C=O) groups excluding carboxylic acids is 1. The van der Waals surface area contributed by atoms with Gasteiger partial charge in [0.1, 0.15) is 0 Å². The number of benzene rings is 2. The minimum atomic E-state index is -5.03. The minimum absolute atomic E-state index is 0.0376. The monoisotopic (exact) mass is 563 g/mol. The summed E-state index contributed by atoms with van der Waals surface area (Å²) in [6.07, 6.45) is -6.15. The second-order valence-electron chi connectivity index (χ2n) is 9.99. The molecule has 0 unspecified atom stereocenters. The number of nitrogens with zero attached hydrogens (tertiary/aromatic N) is 5. The van der Waals surface area contributed by atoms with Gasteiger partial charge >= 0.3 is 12.4 Å². The zero-order valence-electron chi connectivity index (χ0n) is 21.4. The van der Waals surface area contributed by atoms with Gasteiger partial charge in [-0.15, -0.1) is 0 Å². The minimum Gasteiger partial charge on any atom is -0.338 e. The summed E-state index contributed by atoms with van der Waals surface area (Å²) in [4.78, 5) is 27.8. The lowest BCUT2D eigenvalue weighted by Gasteiger charge is -2.47. The molecule has 12 heteroatoms. The van der Waals surface area contributed by atoms with E-state index in [1.54, 1.807) is 18.5 Å². The predicted octanol–water partition coefficient (Wildman–Crippen LogP) is 5.33. The molecule has 3 aromatic rings.